The van der Waals surface area contributed by atoms with Gasteiger partial charge in [0.1, 0.15) is 60.1 Å². The molecule has 592 valence electrons. The van der Waals surface area contributed by atoms with Gasteiger partial charge < -0.3 is 102 Å². The summed E-state index contributed by atoms with van der Waals surface area (Å²) in [5.41, 5.74) is 30.2. The maximum Gasteiger partial charge on any atom is 0.303 e. The molecule has 2 heterocycles. The number of hydrogen-bond acceptors (Lipinski definition) is 19. The number of carbonyl (C=O) groups is 14. The number of para-hydroxylation sites is 1. The predicted molar refractivity (Wildman–Crippen MR) is 408 cm³/mol. The molecule has 7 rings (SSSR count). The Morgan fingerprint density at radius 3 is 1.91 bits per heavy atom. The molecule has 9 atom stereocenters. The Morgan fingerprint density at radius 2 is 1.25 bits per heavy atom. The summed E-state index contributed by atoms with van der Waals surface area (Å²) in [5.74, 6) is -14.9. The molecule has 1 aromatic heterocycles. The molecule has 109 heavy (non-hydrogen) atoms. The summed E-state index contributed by atoms with van der Waals surface area (Å²) in [7, 11) is 1.73. The van der Waals surface area contributed by atoms with E-state index in [1.807, 2.05) is 0 Å². The number of phenols is 1. The van der Waals surface area contributed by atoms with E-state index in [9.17, 15) is 58.2 Å². The van der Waals surface area contributed by atoms with Crippen molar-refractivity contribution in [3.05, 3.63) is 99.7 Å². The molecule has 2 aliphatic carbocycles. The Bertz CT molecular complexity index is 3930. The van der Waals surface area contributed by atoms with Gasteiger partial charge in [-0.1, -0.05) is 113 Å². The highest BCUT2D eigenvalue weighted by Gasteiger charge is 2.40. The Kier molecular flexibility index (Phi) is 34.3. The van der Waals surface area contributed by atoms with Crippen molar-refractivity contribution in [3.8, 4) is 5.75 Å². The van der Waals surface area contributed by atoms with Crippen LogP contribution in [0.2, 0.25) is 10.0 Å². The molecule has 0 unspecified atom stereocenters. The quantitative estimate of drug-likeness (QED) is 0.0162. The van der Waals surface area contributed by atoms with Gasteiger partial charge in [0.2, 0.25) is 76.8 Å². The van der Waals surface area contributed by atoms with Crippen LogP contribution in [0.25, 0.3) is 10.9 Å². The number of guanidine groups is 1. The average Bonchev–Trinajstić information content (AvgIpc) is 1.77. The molecule has 0 bridgehead atoms. The van der Waals surface area contributed by atoms with Crippen molar-refractivity contribution in [2.24, 2.45) is 39.6 Å². The number of carbonyl (C=O) groups excluding carboxylic acids is 13. The van der Waals surface area contributed by atoms with Gasteiger partial charge in [-0.15, -0.1) is 0 Å². The summed E-state index contributed by atoms with van der Waals surface area (Å²) < 4.78 is 0. The maximum atomic E-state index is 15.4. The molecule has 38 heteroatoms. The van der Waals surface area contributed by atoms with Crippen molar-refractivity contribution in [1.82, 2.24) is 63.1 Å². The molecule has 0 spiro atoms. The normalized spacial score (nSPS) is 22.0. The molecule has 34 nitrogen and oxygen atoms in total. The van der Waals surface area contributed by atoms with Gasteiger partial charge >= 0.3 is 5.97 Å². The van der Waals surface area contributed by atoms with Gasteiger partial charge in [-0.25, -0.2) is 0 Å². The number of halogens is 2. The number of aliphatic carboxylic acids is 1. The number of aliphatic imine (C=N–C) groups is 1. The lowest BCUT2D eigenvalue weighted by atomic mass is 9.95. The number of aromatic hydroxyl groups is 1. The van der Waals surface area contributed by atoms with E-state index >= 15 is 19.2 Å². The van der Waals surface area contributed by atoms with Crippen LogP contribution in [-0.4, -0.2) is 207 Å². The first-order valence-corrected chi connectivity index (χ1v) is 39.2. The van der Waals surface area contributed by atoms with E-state index in [2.05, 4.69) is 63.1 Å². The first-order chi connectivity index (χ1) is 52.1. The van der Waals surface area contributed by atoms with E-state index in [0.29, 0.717) is 60.6 Å². The lowest BCUT2D eigenvalue weighted by Gasteiger charge is -2.30. The lowest BCUT2D eigenvalue weighted by Crippen LogP contribution is -2.61. The fourth-order valence-corrected chi connectivity index (χ4v) is 15.7. The molecule has 0 radical (unpaired) electrons. The lowest BCUT2D eigenvalue weighted by molar-refractivity contribution is -0.139. The SMILES string of the molecule is NCCC(=O)N(CC(=O)N[C@@H](Cc1ccc(O)cc1)C(=O)N[C@H]1CSSC[C@@H](C(N)=O)NC(=O)[C@H](CCC(=O)O)NC(=O)[C@H](Cc2c[nH]c3ccccc23)NC(=O)[C@H](CCC(N)=O)NC(=O)CCNC(=O)[C@H](CCCN=C(N)N)NC(=O)[C@H](Cc2cccc(Cl)c2Cl)NC(=O)[C@H](C2CCCC2)NC1=O)C1CCCC1. The highest BCUT2D eigenvalue weighted by atomic mass is 35.5. The van der Waals surface area contributed by atoms with Crippen LogP contribution in [0, 0.1) is 5.92 Å². The number of rotatable bonds is 26. The van der Waals surface area contributed by atoms with E-state index in [1.54, 1.807) is 42.6 Å². The molecular weight excluding hydrogens is 1500 g/mol. The number of H-pyrrole nitrogens is 1. The standard InChI is InChI=1S/C71H96Cl2N18O16S2/c72-45-15-7-11-40(60(45)73)32-51-67(104)84-47(17-8-29-80-71(77)78)63(100)79-30-27-56(94)82-48(22-24-55(75)93)64(101)86-52(33-41-34-81-46-16-6-5-14-44(41)46)68(105)85-49(23-25-59(97)98)65(102)88-53(62(76)99)36-108-109-37-54(69(106)90-61(70(107)87-51)39-9-1-2-10-39)89-66(103)50(31-38-18-20-43(92)21-19-38)83-57(95)35-91(58(96)26-28-74)42-12-3-4-13-42/h5-7,11,14-16,18-21,34,39,42,47-54,61,81,92H,1-4,8-10,12-13,17,22-33,35-37,74H2,(H2,75,93)(H2,76,99)(H,79,100)(H,82,94)(H,83,95)(H,84,104)(H,85,105)(H,86,101)(H,87,107)(H,88,102)(H,89,103)(H,90,106)(H,97,98)(H4,77,78,80)/t47-,48-,49-,50-,51-,52-,53-,54-,61-/m0/s1. The number of carboxylic acid groups (broad SMARTS) is 1. The van der Waals surface area contributed by atoms with Crippen molar-refractivity contribution in [1.29, 1.82) is 0 Å². The van der Waals surface area contributed by atoms with Gasteiger partial charge in [-0.05, 0) is 98.2 Å². The van der Waals surface area contributed by atoms with Crippen LogP contribution in [-0.2, 0) is 86.4 Å². The molecular formula is C71H96Cl2N18O16S2. The summed E-state index contributed by atoms with van der Waals surface area (Å²) in [6, 6.07) is 2.75. The number of primary amides is 2. The molecule has 3 fully saturated rings. The number of nitrogens with two attached hydrogens (primary N) is 5. The summed E-state index contributed by atoms with van der Waals surface area (Å²) >= 11 is 13.2. The average molecular weight is 1590 g/mol. The molecule has 1 saturated heterocycles. The molecule has 2 saturated carbocycles. The van der Waals surface area contributed by atoms with Gasteiger partial charge in [0.05, 0.1) is 16.6 Å². The van der Waals surface area contributed by atoms with E-state index in [0.717, 1.165) is 34.4 Å². The zero-order valence-electron chi connectivity index (χ0n) is 59.9. The molecule has 1 aliphatic heterocycles. The third kappa shape index (κ3) is 27.6. The van der Waals surface area contributed by atoms with Gasteiger partial charge in [-0.2, -0.15) is 0 Å². The van der Waals surface area contributed by atoms with Crippen molar-refractivity contribution >= 4 is 144 Å². The summed E-state index contributed by atoms with van der Waals surface area (Å²) in [5, 5.41) is 47.3. The zero-order valence-corrected chi connectivity index (χ0v) is 63.1. The summed E-state index contributed by atoms with van der Waals surface area (Å²) in [6.07, 6.45) is 2.68. The molecule has 3 aromatic carbocycles. The number of carboxylic acids is 1. The number of amides is 13. The first kappa shape index (κ1) is 86.3. The highest BCUT2D eigenvalue weighted by Crippen LogP contribution is 2.31. The minimum atomic E-state index is -1.75. The summed E-state index contributed by atoms with van der Waals surface area (Å²) in [6.45, 7) is -0.915. The number of fused-ring (bicyclic) bond motifs is 1. The van der Waals surface area contributed by atoms with Crippen molar-refractivity contribution in [3.63, 3.8) is 0 Å². The number of nitrogens with one attached hydrogen (secondary N) is 11. The maximum absolute atomic E-state index is 15.4. The third-order valence-corrected chi connectivity index (χ3v) is 22.0. The number of hydrogen-bond donors (Lipinski definition) is 18. The zero-order chi connectivity index (χ0) is 79.3. The van der Waals surface area contributed by atoms with E-state index in [-0.39, 0.29) is 90.9 Å². The third-order valence-electron chi connectivity index (χ3n) is 18.7. The van der Waals surface area contributed by atoms with Crippen molar-refractivity contribution in [2.45, 2.75) is 182 Å². The number of nitrogens with zero attached hydrogens (tertiary/aromatic N) is 2. The Balaban J connectivity index is 1.29. The van der Waals surface area contributed by atoms with Crippen molar-refractivity contribution in [2.75, 3.05) is 37.7 Å². The largest absolute Gasteiger partial charge is 0.508 e. The second-order valence-electron chi connectivity index (χ2n) is 26.9. The predicted octanol–water partition coefficient (Wildman–Crippen LogP) is -0.548. The van der Waals surface area contributed by atoms with Crippen LogP contribution in [0.3, 0.4) is 0 Å². The minimum Gasteiger partial charge on any atom is -0.508 e. The fraction of sp³-hybridized carbons (Fsp3) is 0.507. The van der Waals surface area contributed by atoms with Crippen LogP contribution in [0.1, 0.15) is 119 Å². The molecule has 3 aliphatic rings. The molecule has 23 N–H and O–H groups in total. The highest BCUT2D eigenvalue weighted by molar-refractivity contribution is 8.76. The van der Waals surface area contributed by atoms with Crippen LogP contribution in [0.5, 0.6) is 5.75 Å². The Morgan fingerprint density at radius 1 is 0.642 bits per heavy atom. The summed E-state index contributed by atoms with van der Waals surface area (Å²) in [4.78, 5) is 207. The second-order valence-corrected chi connectivity index (χ2v) is 30.2. The van der Waals surface area contributed by atoms with Gasteiger partial charge in [0, 0.05) is 99.2 Å². The van der Waals surface area contributed by atoms with E-state index in [4.69, 9.17) is 51.9 Å². The van der Waals surface area contributed by atoms with E-state index in [1.165, 1.54) is 35.2 Å². The minimum absolute atomic E-state index is 0.00888. The number of aromatic amines is 1. The van der Waals surface area contributed by atoms with Gasteiger partial charge in [0.25, 0.3) is 0 Å². The number of phenolic OH excluding ortho intramolecular Hbond substituents is 1. The fourth-order valence-electron chi connectivity index (χ4n) is 13.0. The molecule has 4 aromatic rings. The second kappa shape index (κ2) is 43.3. The van der Waals surface area contributed by atoms with Crippen LogP contribution in [0.4, 0.5) is 0 Å². The van der Waals surface area contributed by atoms with Crippen LogP contribution >= 0.6 is 44.8 Å². The Hall–Kier alpha value is -9.91. The topological polar surface area (TPSA) is 561 Å². The van der Waals surface area contributed by atoms with Crippen LogP contribution in [0.15, 0.2) is 77.9 Å². The van der Waals surface area contributed by atoms with Gasteiger partial charge in [0.15, 0.2) is 5.96 Å². The van der Waals surface area contributed by atoms with Crippen molar-refractivity contribution < 1.29 is 77.3 Å². The number of benzene rings is 3. The van der Waals surface area contributed by atoms with E-state index < -0.39 is 194 Å². The first-order valence-electron chi connectivity index (χ1n) is 35.9. The van der Waals surface area contributed by atoms with Crippen LogP contribution < -0.4 is 81.8 Å². The smallest absolute Gasteiger partial charge is 0.303 e. The monoisotopic (exact) mass is 1590 g/mol. The Labute approximate surface area is 646 Å². The number of aromatic nitrogens is 1. The van der Waals surface area contributed by atoms with Gasteiger partial charge in [-0.3, -0.25) is 72.1 Å². The molecule has 13 amide bonds.